The summed E-state index contributed by atoms with van der Waals surface area (Å²) in [6.07, 6.45) is 5.33. The number of rotatable bonds is 21. The number of hydrogen-bond acceptors (Lipinski definition) is 4. The molecule has 18 aromatic rings. The van der Waals surface area contributed by atoms with Gasteiger partial charge in [-0.25, -0.2) is 0 Å². The molecule has 612 valence electrons. The van der Waals surface area contributed by atoms with E-state index >= 15 is 0 Å². The van der Waals surface area contributed by atoms with Gasteiger partial charge in [-0.05, 0) is 304 Å². The van der Waals surface area contributed by atoms with E-state index in [1.807, 2.05) is 0 Å². The molecule has 0 unspecified atom stereocenters. The van der Waals surface area contributed by atoms with Crippen molar-refractivity contribution in [1.29, 1.82) is 0 Å². The van der Waals surface area contributed by atoms with Gasteiger partial charge < -0.3 is 19.6 Å². The maximum absolute atomic E-state index is 2.57. The second kappa shape index (κ2) is 34.0. The zero-order valence-corrected chi connectivity index (χ0v) is 73.0. The Kier molecular flexibility index (Phi) is 21.5. The lowest BCUT2D eigenvalue weighted by molar-refractivity contribution is 0.586. The maximum atomic E-state index is 2.57. The second-order valence-electron chi connectivity index (χ2n) is 35.8. The van der Waals surface area contributed by atoms with Crippen molar-refractivity contribution in [1.82, 2.24) is 0 Å². The first-order valence-corrected chi connectivity index (χ1v) is 44.4. The molecule has 0 aliphatic heterocycles. The first-order chi connectivity index (χ1) is 62.1. The largest absolute Gasteiger partial charge is 0.311 e. The fraction of sp³-hybridized carbons (Fsp3) is 0.0894. The molecule has 0 saturated heterocycles. The fourth-order valence-electron chi connectivity index (χ4n) is 18.9. The van der Waals surface area contributed by atoms with Gasteiger partial charge in [0.2, 0.25) is 0 Å². The van der Waals surface area contributed by atoms with E-state index in [1.165, 1.54) is 106 Å². The van der Waals surface area contributed by atoms with E-state index in [4.69, 9.17) is 0 Å². The summed E-state index contributed by atoms with van der Waals surface area (Å²) in [5.41, 5.74) is 40.2. The minimum atomic E-state index is -0.694. The molecule has 0 aromatic heterocycles. The van der Waals surface area contributed by atoms with E-state index in [0.717, 1.165) is 96.9 Å². The highest BCUT2D eigenvalue weighted by Crippen LogP contribution is 2.65. The molecule has 127 heavy (non-hydrogen) atoms. The minimum Gasteiger partial charge on any atom is -0.311 e. The van der Waals surface area contributed by atoms with Crippen LogP contribution in [0.3, 0.4) is 0 Å². The van der Waals surface area contributed by atoms with Crippen LogP contribution >= 0.6 is 0 Å². The Labute approximate surface area is 749 Å². The Morgan fingerprint density at radius 2 is 0.488 bits per heavy atom. The van der Waals surface area contributed by atoms with E-state index in [0.29, 0.717) is 0 Å². The Balaban J connectivity index is 0.644. The standard InChI is InChI=1S/C123H100N4/c1-86-46-60-102(61-47-86)124(104-64-50-88(51-65-104)80-115(93-31-15-8-16-32-93)94-33-17-9-18-34-94)106-68-54-91(55-69-106)92-56-70-107(71-57-92)125(105-66-52-89(53-67-105)81-116(95-35-19-10-20-36-95)96-37-21-11-22-38-96)103-62-48-87(49-63-103)78-90-30-29-45-108(79-90)127(101-43-27-14-28-44-101)110-73-77-114-113-76-72-109(126(99-39-23-12-24-40-99)100-41-25-13-26-42-100)84-119(113)123(120(114)85-110)117-82-97(121(2,3)4)58-74-111(117)112-75-59-98(83-118(112)123)122(5,6)7/h8-77,79-85H,78H2,1-7H3. The van der Waals surface area contributed by atoms with Crippen molar-refractivity contribution in [2.24, 2.45) is 0 Å². The Hall–Kier alpha value is -15.4. The molecule has 2 aliphatic rings. The van der Waals surface area contributed by atoms with Crippen molar-refractivity contribution < 1.29 is 0 Å². The highest BCUT2D eigenvalue weighted by atomic mass is 15.2. The Morgan fingerprint density at radius 3 is 0.835 bits per heavy atom. The third-order valence-corrected chi connectivity index (χ3v) is 25.4. The average Bonchev–Trinajstić information content (AvgIpc) is 1.50. The monoisotopic (exact) mass is 1630 g/mol. The van der Waals surface area contributed by atoms with Gasteiger partial charge in [0.15, 0.2) is 0 Å². The molecule has 0 N–H and O–H groups in total. The zero-order valence-electron chi connectivity index (χ0n) is 73.0. The lowest BCUT2D eigenvalue weighted by Gasteiger charge is -2.34. The van der Waals surface area contributed by atoms with Crippen molar-refractivity contribution in [3.05, 3.63) is 538 Å². The number of hydrogen-bond donors (Lipinski definition) is 0. The molecule has 2 aliphatic carbocycles. The Bertz CT molecular complexity index is 6830. The second-order valence-corrected chi connectivity index (χ2v) is 35.8. The molecule has 18 aromatic carbocycles. The number of para-hydroxylation sites is 3. The molecule has 4 heteroatoms. The minimum absolute atomic E-state index is 0.112. The van der Waals surface area contributed by atoms with Gasteiger partial charge in [-0.2, -0.15) is 0 Å². The predicted octanol–water partition coefficient (Wildman–Crippen LogP) is 33.2. The molecule has 0 radical (unpaired) electrons. The van der Waals surface area contributed by atoms with Gasteiger partial charge in [0, 0.05) is 68.2 Å². The van der Waals surface area contributed by atoms with Crippen LogP contribution in [0.15, 0.2) is 455 Å². The van der Waals surface area contributed by atoms with E-state index in [2.05, 4.69) is 535 Å². The van der Waals surface area contributed by atoms with Crippen LogP contribution in [0.5, 0.6) is 0 Å². The van der Waals surface area contributed by atoms with Crippen molar-refractivity contribution in [2.45, 2.75) is 71.1 Å². The van der Waals surface area contributed by atoms with Crippen LogP contribution in [0.1, 0.15) is 125 Å². The van der Waals surface area contributed by atoms with E-state index < -0.39 is 5.41 Å². The van der Waals surface area contributed by atoms with Crippen LogP contribution < -0.4 is 19.6 Å². The lowest BCUT2D eigenvalue weighted by atomic mass is 9.68. The molecule has 0 bridgehead atoms. The van der Waals surface area contributed by atoms with Gasteiger partial charge in [0.05, 0.1) is 5.41 Å². The van der Waals surface area contributed by atoms with Crippen molar-refractivity contribution in [3.8, 4) is 33.4 Å². The van der Waals surface area contributed by atoms with Gasteiger partial charge in [0.25, 0.3) is 0 Å². The molecule has 1 spiro atoms. The third-order valence-electron chi connectivity index (χ3n) is 25.4. The third kappa shape index (κ3) is 15.9. The zero-order chi connectivity index (χ0) is 86.2. The lowest BCUT2D eigenvalue weighted by Crippen LogP contribution is -2.28. The molecule has 0 fully saturated rings. The van der Waals surface area contributed by atoms with E-state index in [-0.39, 0.29) is 10.8 Å². The number of aryl methyl sites for hydroxylation is 1. The quantitative estimate of drug-likeness (QED) is 0.0665. The van der Waals surface area contributed by atoms with Crippen LogP contribution in [0, 0.1) is 6.92 Å². The fourth-order valence-corrected chi connectivity index (χ4v) is 18.9. The summed E-state index contributed by atoms with van der Waals surface area (Å²) in [7, 11) is 0. The predicted molar refractivity (Wildman–Crippen MR) is 538 cm³/mol. The van der Waals surface area contributed by atoms with Gasteiger partial charge in [0.1, 0.15) is 0 Å². The number of fused-ring (bicyclic) bond motifs is 10. The number of benzene rings is 18. The average molecular weight is 1630 g/mol. The molecule has 0 saturated carbocycles. The van der Waals surface area contributed by atoms with Gasteiger partial charge in [-0.3, -0.25) is 0 Å². The molecule has 0 amide bonds. The number of anilines is 12. The van der Waals surface area contributed by atoms with Gasteiger partial charge in [-0.1, -0.05) is 356 Å². The Morgan fingerprint density at radius 1 is 0.228 bits per heavy atom. The molecule has 4 nitrogen and oxygen atoms in total. The molecule has 20 rings (SSSR count). The summed E-state index contributed by atoms with van der Waals surface area (Å²) in [5.74, 6) is 0. The first-order valence-electron chi connectivity index (χ1n) is 44.4. The van der Waals surface area contributed by atoms with Crippen molar-refractivity contribution in [3.63, 3.8) is 0 Å². The first kappa shape index (κ1) is 80.1. The summed E-state index contributed by atoms with van der Waals surface area (Å²) >= 11 is 0. The van der Waals surface area contributed by atoms with Crippen LogP contribution in [-0.2, 0) is 22.7 Å². The summed E-state index contributed by atoms with van der Waals surface area (Å²) in [4.78, 5) is 9.64. The van der Waals surface area contributed by atoms with Crippen molar-refractivity contribution >= 4 is 91.5 Å². The van der Waals surface area contributed by atoms with E-state index in [1.54, 1.807) is 0 Å². The SMILES string of the molecule is Cc1ccc(N(c2ccc(C=C(c3ccccc3)c3ccccc3)cc2)c2ccc(-c3ccc(N(c4ccc(C=C(c5ccccc5)c5ccccc5)cc4)c4ccc(Cc5cccc(N(c6ccccc6)c6ccc7c(c6)C6(c8cc(N(c9ccccc9)c9ccccc9)ccc8-7)c7cc(C(C)(C)C)ccc7-c7ccc(C(C)(C)C)cc76)c5)cc4)cc3)cc2)cc1. The molecular weight excluding hydrogens is 1530 g/mol. The van der Waals surface area contributed by atoms with E-state index in [9.17, 15) is 0 Å². The summed E-state index contributed by atoms with van der Waals surface area (Å²) in [5, 5.41) is 0. The summed E-state index contributed by atoms with van der Waals surface area (Å²) in [6, 6.07) is 168. The normalized spacial score (nSPS) is 12.1. The van der Waals surface area contributed by atoms with Crippen LogP contribution in [0.2, 0.25) is 0 Å². The summed E-state index contributed by atoms with van der Waals surface area (Å²) in [6.45, 7) is 16.3. The van der Waals surface area contributed by atoms with Gasteiger partial charge >= 0.3 is 0 Å². The van der Waals surface area contributed by atoms with Crippen molar-refractivity contribution in [2.75, 3.05) is 19.6 Å². The van der Waals surface area contributed by atoms with Crippen LogP contribution in [0.4, 0.5) is 68.2 Å². The van der Waals surface area contributed by atoms with Crippen LogP contribution in [0.25, 0.3) is 56.7 Å². The molecular formula is C123H100N4. The number of nitrogens with zero attached hydrogens (tertiary/aromatic N) is 4. The summed E-state index contributed by atoms with van der Waals surface area (Å²) < 4.78 is 0. The highest BCUT2D eigenvalue weighted by Gasteiger charge is 2.53. The smallest absolute Gasteiger partial charge is 0.0727 e. The van der Waals surface area contributed by atoms with Crippen LogP contribution in [-0.4, -0.2) is 0 Å². The molecule has 0 atom stereocenters. The maximum Gasteiger partial charge on any atom is 0.0727 e. The highest BCUT2D eigenvalue weighted by molar-refractivity contribution is 5.99. The topological polar surface area (TPSA) is 13.0 Å². The van der Waals surface area contributed by atoms with Gasteiger partial charge in [-0.15, -0.1) is 0 Å². The molecule has 0 heterocycles.